The monoisotopic (exact) mass is 451 g/mol. The number of carbonyl (C=O) groups is 2. The summed E-state index contributed by atoms with van der Waals surface area (Å²) in [5.74, 6) is 1.22. The smallest absolute Gasteiger partial charge is 0.262 e. The Kier molecular flexibility index (Phi) is 6.89. The van der Waals surface area contributed by atoms with Crippen LogP contribution in [0.2, 0.25) is 0 Å². The highest BCUT2D eigenvalue weighted by Gasteiger charge is 2.36. The summed E-state index contributed by atoms with van der Waals surface area (Å²) in [4.78, 5) is 28.0. The van der Waals surface area contributed by atoms with Crippen LogP contribution in [0.5, 0.6) is 5.75 Å². The molecule has 0 unspecified atom stereocenters. The van der Waals surface area contributed by atoms with Crippen molar-refractivity contribution in [3.8, 4) is 5.75 Å². The summed E-state index contributed by atoms with van der Waals surface area (Å²) in [5.41, 5.74) is 1.09. The van der Waals surface area contributed by atoms with Gasteiger partial charge in [0.1, 0.15) is 35.6 Å². The Balaban J connectivity index is 1.56. The van der Waals surface area contributed by atoms with E-state index in [9.17, 15) is 9.59 Å². The van der Waals surface area contributed by atoms with Crippen LogP contribution in [0.15, 0.2) is 75.0 Å². The van der Waals surface area contributed by atoms with Gasteiger partial charge < -0.3 is 23.2 Å². The van der Waals surface area contributed by atoms with Crippen molar-refractivity contribution in [2.45, 2.75) is 12.5 Å². The summed E-state index contributed by atoms with van der Waals surface area (Å²) in [6.07, 6.45) is 3.56. The molecule has 2 aromatic heterocycles. The number of hydrazone groups is 1. The largest absolute Gasteiger partial charge is 0.497 e. The third kappa shape index (κ3) is 4.98. The Labute approximate surface area is 191 Å². The van der Waals surface area contributed by atoms with Crippen LogP contribution in [0, 0.1) is 0 Å². The first-order chi connectivity index (χ1) is 16.1. The van der Waals surface area contributed by atoms with E-state index in [1.165, 1.54) is 9.91 Å². The Bertz CT molecular complexity index is 1090. The lowest BCUT2D eigenvalue weighted by atomic mass is 10.1. The first kappa shape index (κ1) is 22.3. The summed E-state index contributed by atoms with van der Waals surface area (Å²) in [6.45, 7) is 0.374. The maximum absolute atomic E-state index is 13.4. The van der Waals surface area contributed by atoms with Crippen molar-refractivity contribution >= 4 is 17.5 Å². The van der Waals surface area contributed by atoms with Crippen LogP contribution in [-0.2, 0) is 9.53 Å². The van der Waals surface area contributed by atoms with E-state index < -0.39 is 6.04 Å². The summed E-state index contributed by atoms with van der Waals surface area (Å²) < 4.78 is 21.3. The van der Waals surface area contributed by atoms with Crippen LogP contribution in [-0.4, -0.2) is 61.4 Å². The second-order valence-corrected chi connectivity index (χ2v) is 7.45. The molecule has 3 aromatic rings. The van der Waals surface area contributed by atoms with Gasteiger partial charge in [0.25, 0.3) is 11.8 Å². The fraction of sp³-hybridized carbons (Fsp3) is 0.292. The molecule has 3 heterocycles. The van der Waals surface area contributed by atoms with E-state index in [1.54, 1.807) is 75.3 Å². The first-order valence-corrected chi connectivity index (χ1v) is 10.5. The van der Waals surface area contributed by atoms with Gasteiger partial charge in [-0.25, -0.2) is 5.01 Å². The summed E-state index contributed by atoms with van der Waals surface area (Å²) in [5, 5.41) is 5.89. The Morgan fingerprint density at radius 2 is 1.85 bits per heavy atom. The second kappa shape index (κ2) is 10.2. The number of hydrogen-bond acceptors (Lipinski definition) is 7. The molecule has 0 aliphatic carbocycles. The lowest BCUT2D eigenvalue weighted by Crippen LogP contribution is -2.42. The van der Waals surface area contributed by atoms with Gasteiger partial charge in [-0.05, 0) is 48.5 Å². The van der Waals surface area contributed by atoms with Crippen LogP contribution in [0.3, 0.4) is 0 Å². The average molecular weight is 451 g/mol. The quantitative estimate of drug-likeness (QED) is 0.495. The van der Waals surface area contributed by atoms with E-state index in [0.29, 0.717) is 35.0 Å². The van der Waals surface area contributed by atoms with Crippen molar-refractivity contribution in [1.82, 2.24) is 9.91 Å². The van der Waals surface area contributed by atoms with Crippen LogP contribution < -0.4 is 4.74 Å². The number of nitrogens with zero attached hydrogens (tertiary/aromatic N) is 3. The Hall–Kier alpha value is -3.85. The minimum absolute atomic E-state index is 0.166. The van der Waals surface area contributed by atoms with Crippen LogP contribution in [0.4, 0.5) is 0 Å². The van der Waals surface area contributed by atoms with Gasteiger partial charge in [0.2, 0.25) is 0 Å². The molecule has 0 saturated heterocycles. The standard InChI is InChI=1S/C24H25N3O6/c1-30-14-11-26(24(29)17-7-9-18(31-2)10-8-17)16-23(28)27-20(22-6-4-13-33-22)15-19(25-27)21-5-3-12-32-21/h3-10,12-13,20H,11,14-16H2,1-2H3/t20-/m1/s1. The van der Waals surface area contributed by atoms with Crippen LogP contribution in [0.25, 0.3) is 0 Å². The normalized spacial score (nSPS) is 15.4. The molecule has 33 heavy (non-hydrogen) atoms. The highest BCUT2D eigenvalue weighted by Crippen LogP contribution is 2.33. The van der Waals surface area contributed by atoms with Crippen molar-refractivity contribution < 1.29 is 27.9 Å². The molecule has 1 aliphatic heterocycles. The lowest BCUT2D eigenvalue weighted by Gasteiger charge is -2.26. The number of hydrogen-bond donors (Lipinski definition) is 0. The number of benzene rings is 1. The molecule has 1 aromatic carbocycles. The fourth-order valence-electron chi connectivity index (χ4n) is 3.64. The van der Waals surface area contributed by atoms with Gasteiger partial charge >= 0.3 is 0 Å². The third-order valence-electron chi connectivity index (χ3n) is 5.36. The van der Waals surface area contributed by atoms with E-state index in [2.05, 4.69) is 5.10 Å². The van der Waals surface area contributed by atoms with Gasteiger partial charge in [-0.2, -0.15) is 5.10 Å². The van der Waals surface area contributed by atoms with Crippen molar-refractivity contribution in [1.29, 1.82) is 0 Å². The topological polar surface area (TPSA) is 97.7 Å². The highest BCUT2D eigenvalue weighted by molar-refractivity contribution is 6.02. The number of rotatable bonds is 9. The SMILES string of the molecule is COCCN(CC(=O)N1N=C(c2ccco2)C[C@@H]1c1ccco1)C(=O)c1ccc(OC)cc1. The number of furan rings is 2. The van der Waals surface area contributed by atoms with Gasteiger partial charge in [-0.1, -0.05) is 0 Å². The van der Waals surface area contributed by atoms with Gasteiger partial charge in [-0.15, -0.1) is 0 Å². The zero-order valence-electron chi connectivity index (χ0n) is 18.5. The number of methoxy groups -OCH3 is 2. The molecule has 4 rings (SSSR count). The van der Waals surface area contributed by atoms with E-state index in [4.69, 9.17) is 18.3 Å². The first-order valence-electron chi connectivity index (χ1n) is 10.5. The third-order valence-corrected chi connectivity index (χ3v) is 5.36. The van der Waals surface area contributed by atoms with Crippen LogP contribution >= 0.6 is 0 Å². The number of carbonyl (C=O) groups excluding carboxylic acids is 2. The van der Waals surface area contributed by atoms with Gasteiger partial charge in [0.15, 0.2) is 0 Å². The molecule has 172 valence electrons. The molecule has 9 nitrogen and oxygen atoms in total. The van der Waals surface area contributed by atoms with Gasteiger partial charge in [0.05, 0.1) is 26.2 Å². The average Bonchev–Trinajstić information content (AvgIpc) is 3.62. The molecule has 0 bridgehead atoms. The minimum Gasteiger partial charge on any atom is -0.497 e. The molecular formula is C24H25N3O6. The lowest BCUT2D eigenvalue weighted by molar-refractivity contribution is -0.134. The van der Waals surface area contributed by atoms with E-state index >= 15 is 0 Å². The molecule has 0 fully saturated rings. The van der Waals surface area contributed by atoms with Crippen molar-refractivity contribution in [3.05, 3.63) is 78.1 Å². The van der Waals surface area contributed by atoms with Gasteiger partial charge in [0, 0.05) is 25.6 Å². The van der Waals surface area contributed by atoms with Gasteiger partial charge in [-0.3, -0.25) is 9.59 Å². The number of amides is 2. The molecule has 9 heteroatoms. The number of ether oxygens (including phenoxy) is 2. The van der Waals surface area contributed by atoms with E-state index in [1.807, 2.05) is 0 Å². The molecule has 1 aliphatic rings. The van der Waals surface area contributed by atoms with Crippen molar-refractivity contribution in [2.75, 3.05) is 33.9 Å². The molecule has 2 amide bonds. The predicted octanol–water partition coefficient (Wildman–Crippen LogP) is 3.35. The maximum atomic E-state index is 13.4. The van der Waals surface area contributed by atoms with Crippen LogP contribution in [0.1, 0.15) is 34.3 Å². The fourth-order valence-corrected chi connectivity index (χ4v) is 3.64. The maximum Gasteiger partial charge on any atom is 0.262 e. The van der Waals surface area contributed by atoms with E-state index in [0.717, 1.165) is 0 Å². The summed E-state index contributed by atoms with van der Waals surface area (Å²) >= 11 is 0. The molecular weight excluding hydrogens is 426 g/mol. The van der Waals surface area contributed by atoms with Crippen molar-refractivity contribution in [2.24, 2.45) is 5.10 Å². The minimum atomic E-state index is -0.423. The zero-order valence-corrected chi connectivity index (χ0v) is 18.5. The van der Waals surface area contributed by atoms with Crippen molar-refractivity contribution in [3.63, 3.8) is 0 Å². The molecule has 0 saturated carbocycles. The molecule has 1 atom stereocenters. The highest BCUT2D eigenvalue weighted by atomic mass is 16.5. The molecule has 0 spiro atoms. The summed E-state index contributed by atoms with van der Waals surface area (Å²) in [6, 6.07) is 13.5. The predicted molar refractivity (Wildman–Crippen MR) is 119 cm³/mol. The Morgan fingerprint density at radius 1 is 1.09 bits per heavy atom. The molecule has 0 N–H and O–H groups in total. The summed E-state index contributed by atoms with van der Waals surface area (Å²) in [7, 11) is 3.11. The zero-order chi connectivity index (χ0) is 23.2. The molecule has 0 radical (unpaired) electrons. The second-order valence-electron chi connectivity index (χ2n) is 7.45. The van der Waals surface area contributed by atoms with E-state index in [-0.39, 0.29) is 31.5 Å². The Morgan fingerprint density at radius 3 is 2.48 bits per heavy atom.